The number of hydrogen-bond donors (Lipinski definition) is 4. The molecule has 0 aliphatic carbocycles. The maximum absolute atomic E-state index is 12.5. The Morgan fingerprint density at radius 2 is 1.93 bits per heavy atom. The highest BCUT2D eigenvalue weighted by Gasteiger charge is 2.44. The molecule has 0 spiro atoms. The number of aromatic hydroxyl groups is 1. The van der Waals surface area contributed by atoms with E-state index in [1.807, 2.05) is 6.92 Å². The van der Waals surface area contributed by atoms with Gasteiger partial charge in [0.2, 0.25) is 6.29 Å². The standard InChI is InChI=1S/C21H28O9/c1-10-3-2-4-12(27-10)7-13-5-11-6-14(8-15(23)17(11)20(26)28-13)29-21-19(25)18(24)16(9-22)30-21/h6,8,10,12-13,16,18-19,21-25H,2-5,7,9H2,1H3. The van der Waals surface area contributed by atoms with Crippen molar-refractivity contribution < 1.29 is 44.2 Å². The maximum Gasteiger partial charge on any atom is 0.342 e. The molecule has 0 saturated carbocycles. The Kier molecular flexibility index (Phi) is 6.17. The number of benzene rings is 1. The average Bonchev–Trinajstić information content (AvgIpc) is 2.95. The Balaban J connectivity index is 1.48. The van der Waals surface area contributed by atoms with Crippen LogP contribution in [0.15, 0.2) is 12.1 Å². The Morgan fingerprint density at radius 1 is 1.13 bits per heavy atom. The summed E-state index contributed by atoms with van der Waals surface area (Å²) in [4.78, 5) is 12.5. The van der Waals surface area contributed by atoms with Gasteiger partial charge in [-0.2, -0.15) is 0 Å². The lowest BCUT2D eigenvalue weighted by Crippen LogP contribution is -2.36. The van der Waals surface area contributed by atoms with E-state index in [0.29, 0.717) is 18.4 Å². The lowest BCUT2D eigenvalue weighted by atomic mass is 9.92. The van der Waals surface area contributed by atoms with E-state index in [2.05, 4.69) is 0 Å². The Bertz CT molecular complexity index is 782. The topological polar surface area (TPSA) is 135 Å². The van der Waals surface area contributed by atoms with Gasteiger partial charge >= 0.3 is 5.97 Å². The highest BCUT2D eigenvalue weighted by Crippen LogP contribution is 2.36. The molecule has 4 rings (SSSR count). The summed E-state index contributed by atoms with van der Waals surface area (Å²) in [6.45, 7) is 1.57. The van der Waals surface area contributed by atoms with Crippen LogP contribution in [0.3, 0.4) is 0 Å². The molecular weight excluding hydrogens is 396 g/mol. The van der Waals surface area contributed by atoms with E-state index in [4.69, 9.17) is 18.9 Å². The highest BCUT2D eigenvalue weighted by molar-refractivity contribution is 5.95. The second-order valence-electron chi connectivity index (χ2n) is 8.27. The predicted molar refractivity (Wildman–Crippen MR) is 102 cm³/mol. The van der Waals surface area contributed by atoms with E-state index in [9.17, 15) is 25.2 Å². The minimum Gasteiger partial charge on any atom is -0.507 e. The number of fused-ring (bicyclic) bond motifs is 1. The zero-order valence-corrected chi connectivity index (χ0v) is 16.8. The van der Waals surface area contributed by atoms with Crippen molar-refractivity contribution in [2.75, 3.05) is 6.61 Å². The number of aliphatic hydroxyl groups excluding tert-OH is 3. The van der Waals surface area contributed by atoms with Gasteiger partial charge in [0.15, 0.2) is 0 Å². The molecule has 3 heterocycles. The number of esters is 1. The SMILES string of the molecule is CC1CCCC(CC2Cc3cc(OC4OC(CO)C(O)C4O)cc(O)c3C(=O)O2)O1. The van der Waals surface area contributed by atoms with Crippen LogP contribution in [0.5, 0.6) is 11.5 Å². The highest BCUT2D eigenvalue weighted by atomic mass is 16.7. The Labute approximate surface area is 174 Å². The van der Waals surface area contributed by atoms with Crippen LogP contribution >= 0.6 is 0 Å². The first-order chi connectivity index (χ1) is 14.4. The normalized spacial score (nSPS) is 36.3. The number of carbonyl (C=O) groups excluding carboxylic acids is 1. The van der Waals surface area contributed by atoms with Gasteiger partial charge in [-0.25, -0.2) is 4.79 Å². The number of aliphatic hydroxyl groups is 3. The molecule has 1 aromatic carbocycles. The molecule has 7 atom stereocenters. The van der Waals surface area contributed by atoms with Gasteiger partial charge in [-0.15, -0.1) is 0 Å². The molecular formula is C21H28O9. The average molecular weight is 424 g/mol. The second-order valence-corrected chi connectivity index (χ2v) is 8.27. The first-order valence-electron chi connectivity index (χ1n) is 10.4. The predicted octanol–water partition coefficient (Wildman–Crippen LogP) is 0.639. The van der Waals surface area contributed by atoms with Crippen molar-refractivity contribution in [3.63, 3.8) is 0 Å². The van der Waals surface area contributed by atoms with Gasteiger partial charge in [0, 0.05) is 18.9 Å². The van der Waals surface area contributed by atoms with E-state index in [0.717, 1.165) is 19.3 Å². The summed E-state index contributed by atoms with van der Waals surface area (Å²) in [7, 11) is 0. The minimum atomic E-state index is -1.36. The summed E-state index contributed by atoms with van der Waals surface area (Å²) >= 11 is 0. The molecule has 30 heavy (non-hydrogen) atoms. The number of hydrogen-bond acceptors (Lipinski definition) is 9. The Hall–Kier alpha value is -1.91. The number of rotatable bonds is 5. The van der Waals surface area contributed by atoms with E-state index in [1.54, 1.807) is 6.07 Å². The molecule has 2 fully saturated rings. The molecule has 0 amide bonds. The molecule has 0 bridgehead atoms. The number of ether oxygens (including phenoxy) is 4. The first kappa shape index (κ1) is 21.3. The van der Waals surface area contributed by atoms with E-state index < -0.39 is 37.2 Å². The van der Waals surface area contributed by atoms with E-state index in [1.165, 1.54) is 6.07 Å². The van der Waals surface area contributed by atoms with Gasteiger partial charge in [0.25, 0.3) is 0 Å². The quantitative estimate of drug-likeness (QED) is 0.502. The number of phenolic OH excluding ortho intramolecular Hbond substituents is 1. The number of carbonyl (C=O) groups is 1. The van der Waals surface area contributed by atoms with Gasteiger partial charge in [-0.1, -0.05) is 0 Å². The van der Waals surface area contributed by atoms with Crippen LogP contribution in [0.2, 0.25) is 0 Å². The van der Waals surface area contributed by atoms with Crippen molar-refractivity contribution in [2.45, 2.75) is 81.9 Å². The summed E-state index contributed by atoms with van der Waals surface area (Å²) < 4.78 is 22.4. The molecule has 0 radical (unpaired) electrons. The van der Waals surface area contributed by atoms with E-state index >= 15 is 0 Å². The third-order valence-electron chi connectivity index (χ3n) is 5.94. The van der Waals surface area contributed by atoms with Gasteiger partial charge in [0.1, 0.15) is 41.5 Å². The summed E-state index contributed by atoms with van der Waals surface area (Å²) in [6.07, 6.45) is -0.972. The molecule has 2 saturated heterocycles. The van der Waals surface area contributed by atoms with Crippen molar-refractivity contribution in [3.05, 3.63) is 23.3 Å². The van der Waals surface area contributed by atoms with Crippen molar-refractivity contribution in [3.8, 4) is 11.5 Å². The van der Waals surface area contributed by atoms with Gasteiger partial charge in [-0.05, 0) is 37.8 Å². The molecule has 1 aromatic rings. The molecule has 166 valence electrons. The number of cyclic esters (lactones) is 1. The zero-order chi connectivity index (χ0) is 21.4. The minimum absolute atomic E-state index is 0.0278. The molecule has 3 aliphatic heterocycles. The smallest absolute Gasteiger partial charge is 0.342 e. The largest absolute Gasteiger partial charge is 0.507 e. The molecule has 0 aromatic heterocycles. The van der Waals surface area contributed by atoms with Gasteiger partial charge in [0.05, 0.1) is 18.8 Å². The molecule has 3 aliphatic rings. The summed E-state index contributed by atoms with van der Waals surface area (Å²) in [5, 5.41) is 39.5. The molecule has 7 unspecified atom stereocenters. The van der Waals surface area contributed by atoms with Crippen LogP contribution in [-0.2, 0) is 20.6 Å². The first-order valence-corrected chi connectivity index (χ1v) is 10.4. The summed E-state index contributed by atoms with van der Waals surface area (Å²) in [6, 6.07) is 2.84. The Morgan fingerprint density at radius 3 is 2.63 bits per heavy atom. The van der Waals surface area contributed by atoms with Crippen molar-refractivity contribution in [1.82, 2.24) is 0 Å². The third-order valence-corrected chi connectivity index (χ3v) is 5.94. The second kappa shape index (κ2) is 8.68. The molecule has 9 heteroatoms. The molecule has 4 N–H and O–H groups in total. The van der Waals surface area contributed by atoms with Crippen LogP contribution in [-0.4, -0.2) is 75.9 Å². The fraction of sp³-hybridized carbons (Fsp3) is 0.667. The number of phenols is 1. The van der Waals surface area contributed by atoms with Crippen LogP contribution in [0.1, 0.15) is 48.5 Å². The van der Waals surface area contributed by atoms with E-state index in [-0.39, 0.29) is 35.4 Å². The monoisotopic (exact) mass is 424 g/mol. The van der Waals surface area contributed by atoms with Crippen LogP contribution in [0.4, 0.5) is 0 Å². The van der Waals surface area contributed by atoms with Gasteiger partial charge in [-0.3, -0.25) is 0 Å². The summed E-state index contributed by atoms with van der Waals surface area (Å²) in [5.74, 6) is -0.709. The zero-order valence-electron chi connectivity index (χ0n) is 16.8. The van der Waals surface area contributed by atoms with Crippen molar-refractivity contribution in [2.24, 2.45) is 0 Å². The van der Waals surface area contributed by atoms with Crippen LogP contribution in [0, 0.1) is 0 Å². The fourth-order valence-electron chi connectivity index (χ4n) is 4.41. The van der Waals surface area contributed by atoms with Crippen molar-refractivity contribution in [1.29, 1.82) is 0 Å². The fourth-order valence-corrected chi connectivity index (χ4v) is 4.41. The lowest BCUT2D eigenvalue weighted by molar-refractivity contribution is -0.116. The maximum atomic E-state index is 12.5. The van der Waals surface area contributed by atoms with Crippen molar-refractivity contribution >= 4 is 5.97 Å². The molecule has 9 nitrogen and oxygen atoms in total. The van der Waals surface area contributed by atoms with Gasteiger partial charge < -0.3 is 39.4 Å². The van der Waals surface area contributed by atoms with Crippen LogP contribution < -0.4 is 4.74 Å². The van der Waals surface area contributed by atoms with Crippen LogP contribution in [0.25, 0.3) is 0 Å². The summed E-state index contributed by atoms with van der Waals surface area (Å²) in [5.41, 5.74) is 0.666. The lowest BCUT2D eigenvalue weighted by Gasteiger charge is -2.32. The third kappa shape index (κ3) is 4.26.